The van der Waals surface area contributed by atoms with Crippen molar-refractivity contribution in [3.8, 4) is 11.5 Å². The van der Waals surface area contributed by atoms with E-state index in [1.54, 1.807) is 19.1 Å². The summed E-state index contributed by atoms with van der Waals surface area (Å²) in [5, 5.41) is 13.2. The number of hydrogen-bond acceptors (Lipinski definition) is 6. The normalized spacial score (nSPS) is 20.8. The Bertz CT molecular complexity index is 1180. The number of benzene rings is 2. The van der Waals surface area contributed by atoms with Crippen molar-refractivity contribution in [3.63, 3.8) is 0 Å². The van der Waals surface area contributed by atoms with Gasteiger partial charge in [0.2, 0.25) is 0 Å². The molecule has 9 nitrogen and oxygen atoms in total. The highest BCUT2D eigenvalue weighted by Crippen LogP contribution is 2.53. The van der Waals surface area contributed by atoms with Crippen LogP contribution in [0.3, 0.4) is 0 Å². The predicted molar refractivity (Wildman–Crippen MR) is 151 cm³/mol. The number of halogens is 1. The molecule has 40 heavy (non-hydrogen) atoms. The lowest BCUT2D eigenvalue weighted by Crippen LogP contribution is -2.66. The summed E-state index contributed by atoms with van der Waals surface area (Å²) in [6, 6.07) is 10.5. The molecule has 10 heteroatoms. The fourth-order valence-corrected chi connectivity index (χ4v) is 5.71. The fraction of sp³-hybridized carbons (Fsp3) is 0.533. The van der Waals surface area contributed by atoms with Gasteiger partial charge < -0.3 is 34.3 Å². The quantitative estimate of drug-likeness (QED) is 0.285. The second-order valence-corrected chi connectivity index (χ2v) is 10.8. The van der Waals surface area contributed by atoms with Gasteiger partial charge in [-0.15, -0.1) is 0 Å². The standard InChI is InChI=1S/C30H39ClN2O7/c1-5-40-22-16-30(17-22,28(34)35)32-29(36)33(13-14-39-18-20-9-7-6-8-10-20)19(2)23-15-24(37-3)25(21-11-12-21)27(38-4)26(23)31/h6-10,15,19,21-22H,5,11-14,16-18H2,1-4H3,(H,32,36)(H,34,35). The van der Waals surface area contributed by atoms with Gasteiger partial charge in [0.25, 0.3) is 0 Å². The molecule has 2 amide bonds. The molecule has 2 aromatic rings. The number of aliphatic carboxylic acids is 1. The fourth-order valence-electron chi connectivity index (χ4n) is 5.32. The van der Waals surface area contributed by atoms with Crippen molar-refractivity contribution in [1.29, 1.82) is 0 Å². The zero-order valence-corrected chi connectivity index (χ0v) is 24.3. The number of hydrogen-bond donors (Lipinski definition) is 2. The van der Waals surface area contributed by atoms with Crippen LogP contribution in [0.4, 0.5) is 4.79 Å². The van der Waals surface area contributed by atoms with Crippen LogP contribution >= 0.6 is 11.6 Å². The number of nitrogens with zero attached hydrogens (tertiary/aromatic N) is 1. The lowest BCUT2D eigenvalue weighted by molar-refractivity contribution is -0.156. The second kappa shape index (κ2) is 13.1. The minimum Gasteiger partial charge on any atom is -0.496 e. The van der Waals surface area contributed by atoms with E-state index in [0.29, 0.717) is 41.2 Å². The number of nitrogens with one attached hydrogen (secondary N) is 1. The van der Waals surface area contributed by atoms with Crippen molar-refractivity contribution in [1.82, 2.24) is 10.2 Å². The SMILES string of the molecule is CCOC1CC(NC(=O)N(CCOCc2ccccc2)C(C)c2cc(OC)c(C3CC3)c(OC)c2Cl)(C(=O)O)C1. The molecule has 218 valence electrons. The Morgan fingerprint density at radius 3 is 2.45 bits per heavy atom. The lowest BCUT2D eigenvalue weighted by Gasteiger charge is -2.45. The Morgan fingerprint density at radius 1 is 1.18 bits per heavy atom. The molecule has 0 radical (unpaired) electrons. The summed E-state index contributed by atoms with van der Waals surface area (Å²) in [6.07, 6.45) is 2.26. The molecule has 1 atom stereocenters. The first-order valence-electron chi connectivity index (χ1n) is 13.7. The van der Waals surface area contributed by atoms with Crippen LogP contribution in [0.2, 0.25) is 5.02 Å². The topological polar surface area (TPSA) is 107 Å². The van der Waals surface area contributed by atoms with E-state index in [-0.39, 0.29) is 32.1 Å². The van der Waals surface area contributed by atoms with Crippen molar-refractivity contribution in [2.75, 3.05) is 34.0 Å². The summed E-state index contributed by atoms with van der Waals surface area (Å²) in [5.74, 6) is 0.447. The van der Waals surface area contributed by atoms with Gasteiger partial charge in [-0.2, -0.15) is 0 Å². The minimum absolute atomic E-state index is 0.202. The van der Waals surface area contributed by atoms with E-state index >= 15 is 0 Å². The summed E-state index contributed by atoms with van der Waals surface area (Å²) >= 11 is 6.89. The number of carbonyl (C=O) groups excluding carboxylic acids is 1. The van der Waals surface area contributed by atoms with Gasteiger partial charge in [0.05, 0.1) is 44.6 Å². The van der Waals surface area contributed by atoms with Crippen LogP contribution in [0, 0.1) is 0 Å². The highest BCUT2D eigenvalue weighted by atomic mass is 35.5. The Hall–Kier alpha value is -3.01. The largest absolute Gasteiger partial charge is 0.496 e. The van der Waals surface area contributed by atoms with Crippen molar-refractivity contribution in [2.45, 2.75) is 69.7 Å². The Balaban J connectivity index is 1.58. The number of rotatable bonds is 14. The van der Waals surface area contributed by atoms with E-state index in [1.165, 1.54) is 0 Å². The molecular weight excluding hydrogens is 536 g/mol. The van der Waals surface area contributed by atoms with Crippen LogP contribution in [-0.4, -0.2) is 67.6 Å². The van der Waals surface area contributed by atoms with Gasteiger partial charge in [-0.25, -0.2) is 9.59 Å². The average molecular weight is 575 g/mol. The molecule has 2 N–H and O–H groups in total. The van der Waals surface area contributed by atoms with Gasteiger partial charge in [-0.1, -0.05) is 41.9 Å². The third-order valence-corrected chi connectivity index (χ3v) is 8.13. The van der Waals surface area contributed by atoms with Gasteiger partial charge in [0.15, 0.2) is 0 Å². The average Bonchev–Trinajstić information content (AvgIpc) is 3.76. The predicted octanol–water partition coefficient (Wildman–Crippen LogP) is 5.55. The van der Waals surface area contributed by atoms with E-state index in [1.807, 2.05) is 50.2 Å². The van der Waals surface area contributed by atoms with E-state index in [9.17, 15) is 14.7 Å². The van der Waals surface area contributed by atoms with Gasteiger partial charge in [0, 0.05) is 37.1 Å². The summed E-state index contributed by atoms with van der Waals surface area (Å²) < 4.78 is 22.9. The van der Waals surface area contributed by atoms with Crippen molar-refractivity contribution < 1.29 is 33.6 Å². The maximum atomic E-state index is 13.8. The molecule has 2 aliphatic carbocycles. The highest BCUT2D eigenvalue weighted by molar-refractivity contribution is 6.33. The smallest absolute Gasteiger partial charge is 0.329 e. The molecule has 2 aromatic carbocycles. The van der Waals surface area contributed by atoms with E-state index in [2.05, 4.69) is 5.32 Å². The van der Waals surface area contributed by atoms with Crippen molar-refractivity contribution in [2.24, 2.45) is 0 Å². The van der Waals surface area contributed by atoms with Gasteiger partial charge in [0.1, 0.15) is 17.0 Å². The number of carboxylic acids is 1. The van der Waals surface area contributed by atoms with Crippen LogP contribution in [0.25, 0.3) is 0 Å². The molecule has 1 unspecified atom stereocenters. The molecule has 4 rings (SSSR count). The van der Waals surface area contributed by atoms with E-state index in [0.717, 1.165) is 24.0 Å². The molecule has 2 fully saturated rings. The van der Waals surface area contributed by atoms with Crippen LogP contribution < -0.4 is 14.8 Å². The molecule has 0 aliphatic heterocycles. The summed E-state index contributed by atoms with van der Waals surface area (Å²) in [4.78, 5) is 27.5. The molecule has 0 saturated heterocycles. The van der Waals surface area contributed by atoms with Gasteiger partial charge in [-0.05, 0) is 44.2 Å². The number of ether oxygens (including phenoxy) is 4. The monoisotopic (exact) mass is 574 g/mol. The number of carbonyl (C=O) groups is 2. The molecular formula is C30H39ClN2O7. The molecule has 0 aromatic heterocycles. The highest BCUT2D eigenvalue weighted by Gasteiger charge is 2.53. The molecule has 0 bridgehead atoms. The first-order valence-corrected chi connectivity index (χ1v) is 14.1. The van der Waals surface area contributed by atoms with E-state index < -0.39 is 23.6 Å². The van der Waals surface area contributed by atoms with Gasteiger partial charge >= 0.3 is 12.0 Å². The van der Waals surface area contributed by atoms with Gasteiger partial charge in [-0.3, -0.25) is 0 Å². The second-order valence-electron chi connectivity index (χ2n) is 10.4. The number of amides is 2. The maximum absolute atomic E-state index is 13.8. The Labute approximate surface area is 240 Å². The maximum Gasteiger partial charge on any atom is 0.329 e. The lowest BCUT2D eigenvalue weighted by atomic mass is 9.74. The Morgan fingerprint density at radius 2 is 1.88 bits per heavy atom. The van der Waals surface area contributed by atoms with Crippen molar-refractivity contribution in [3.05, 3.63) is 58.1 Å². The van der Waals surface area contributed by atoms with Crippen LogP contribution in [0.5, 0.6) is 11.5 Å². The minimum atomic E-state index is -1.39. The molecule has 0 heterocycles. The zero-order valence-electron chi connectivity index (χ0n) is 23.6. The third-order valence-electron chi connectivity index (χ3n) is 7.74. The first-order chi connectivity index (χ1) is 19.2. The molecule has 2 aliphatic rings. The van der Waals surface area contributed by atoms with Crippen LogP contribution in [0.15, 0.2) is 36.4 Å². The van der Waals surface area contributed by atoms with Crippen molar-refractivity contribution >= 4 is 23.6 Å². The number of carboxylic acid groups (broad SMARTS) is 1. The first kappa shape index (κ1) is 30.0. The summed E-state index contributed by atoms with van der Waals surface area (Å²) in [5.41, 5.74) is 1.20. The summed E-state index contributed by atoms with van der Waals surface area (Å²) in [6.45, 7) is 5.02. The Kier molecular flexibility index (Phi) is 9.81. The molecule has 0 spiro atoms. The third kappa shape index (κ3) is 6.48. The van der Waals surface area contributed by atoms with Crippen LogP contribution in [-0.2, 0) is 20.9 Å². The zero-order chi connectivity index (χ0) is 28.9. The van der Waals surface area contributed by atoms with Crippen LogP contribution in [0.1, 0.15) is 68.2 Å². The number of methoxy groups -OCH3 is 2. The summed E-state index contributed by atoms with van der Waals surface area (Å²) in [7, 11) is 3.18. The number of urea groups is 1. The van der Waals surface area contributed by atoms with E-state index in [4.69, 9.17) is 30.5 Å². The molecule has 2 saturated carbocycles.